The van der Waals surface area contributed by atoms with Crippen molar-refractivity contribution in [3.8, 4) is 5.75 Å². The van der Waals surface area contributed by atoms with Crippen LogP contribution in [-0.4, -0.2) is 47.6 Å². The Labute approximate surface area is 115 Å². The second-order valence-corrected chi connectivity index (χ2v) is 5.72. The molecule has 1 aromatic rings. The van der Waals surface area contributed by atoms with Gasteiger partial charge >= 0.3 is 0 Å². The van der Waals surface area contributed by atoms with Crippen LogP contribution in [0.25, 0.3) is 0 Å². The van der Waals surface area contributed by atoms with Gasteiger partial charge in [-0.05, 0) is 43.0 Å². The lowest BCUT2D eigenvalue weighted by Crippen LogP contribution is -2.47. The van der Waals surface area contributed by atoms with Gasteiger partial charge in [0.05, 0.1) is 0 Å². The molecule has 0 saturated carbocycles. The summed E-state index contributed by atoms with van der Waals surface area (Å²) in [5.41, 5.74) is 2.56. The highest BCUT2D eigenvalue weighted by Crippen LogP contribution is 2.38. The molecular formula is C16H24N2O. The lowest BCUT2D eigenvalue weighted by Gasteiger charge is -2.41. The summed E-state index contributed by atoms with van der Waals surface area (Å²) in [6, 6.07) is 6.56. The van der Waals surface area contributed by atoms with E-state index in [0.717, 1.165) is 26.1 Å². The Balaban J connectivity index is 1.79. The van der Waals surface area contributed by atoms with Crippen molar-refractivity contribution < 1.29 is 5.11 Å². The standard InChI is InChI=1S/C16H24N2O/c1-2-17-9-11-18(12-10-17)15-7-3-6-14-13(15)5-4-8-16(14)19/h4-5,8,15,19H,2-3,6-7,9-12H2,1H3. The molecule has 1 heterocycles. The molecule has 1 N–H and O–H groups in total. The van der Waals surface area contributed by atoms with E-state index in [-0.39, 0.29) is 0 Å². The monoisotopic (exact) mass is 260 g/mol. The largest absolute Gasteiger partial charge is 0.508 e. The third-order valence-corrected chi connectivity index (χ3v) is 4.75. The Morgan fingerprint density at radius 2 is 2.00 bits per heavy atom. The van der Waals surface area contributed by atoms with E-state index in [2.05, 4.69) is 22.8 Å². The minimum atomic E-state index is 0.495. The zero-order valence-corrected chi connectivity index (χ0v) is 11.8. The number of hydrogen-bond acceptors (Lipinski definition) is 3. The van der Waals surface area contributed by atoms with Crippen molar-refractivity contribution in [2.24, 2.45) is 0 Å². The Kier molecular flexibility index (Phi) is 3.76. The lowest BCUT2D eigenvalue weighted by atomic mass is 9.86. The average molecular weight is 260 g/mol. The van der Waals surface area contributed by atoms with E-state index in [1.54, 1.807) is 0 Å². The molecule has 1 aliphatic heterocycles. The van der Waals surface area contributed by atoms with E-state index in [9.17, 15) is 5.11 Å². The number of fused-ring (bicyclic) bond motifs is 1. The molecule has 2 aliphatic rings. The molecule has 0 spiro atoms. The minimum absolute atomic E-state index is 0.495. The third kappa shape index (κ3) is 2.49. The van der Waals surface area contributed by atoms with Crippen molar-refractivity contribution in [2.75, 3.05) is 32.7 Å². The average Bonchev–Trinajstić information content (AvgIpc) is 2.47. The number of rotatable bonds is 2. The van der Waals surface area contributed by atoms with Crippen molar-refractivity contribution in [2.45, 2.75) is 32.2 Å². The van der Waals surface area contributed by atoms with Gasteiger partial charge in [-0.3, -0.25) is 4.90 Å². The number of likely N-dealkylation sites (N-methyl/N-ethyl adjacent to an activating group) is 1. The summed E-state index contributed by atoms with van der Waals surface area (Å²) < 4.78 is 0. The van der Waals surface area contributed by atoms with E-state index < -0.39 is 0 Å². The van der Waals surface area contributed by atoms with Gasteiger partial charge in [-0.25, -0.2) is 0 Å². The van der Waals surface area contributed by atoms with E-state index in [4.69, 9.17) is 0 Å². The molecule has 19 heavy (non-hydrogen) atoms. The molecule has 1 unspecified atom stereocenters. The highest BCUT2D eigenvalue weighted by molar-refractivity contribution is 5.42. The van der Waals surface area contributed by atoms with Crippen LogP contribution in [0.15, 0.2) is 18.2 Å². The van der Waals surface area contributed by atoms with Gasteiger partial charge < -0.3 is 10.0 Å². The molecule has 1 fully saturated rings. The fourth-order valence-corrected chi connectivity index (χ4v) is 3.57. The number of phenolic OH excluding ortho intramolecular Hbond substituents is 1. The Morgan fingerprint density at radius 3 is 2.74 bits per heavy atom. The first-order valence-electron chi connectivity index (χ1n) is 7.56. The quantitative estimate of drug-likeness (QED) is 0.884. The van der Waals surface area contributed by atoms with Crippen molar-refractivity contribution in [3.63, 3.8) is 0 Å². The lowest BCUT2D eigenvalue weighted by molar-refractivity contribution is 0.0909. The Hall–Kier alpha value is -1.06. The minimum Gasteiger partial charge on any atom is -0.508 e. The zero-order chi connectivity index (χ0) is 13.2. The molecule has 0 radical (unpaired) electrons. The number of aromatic hydroxyl groups is 1. The summed E-state index contributed by atoms with van der Waals surface area (Å²) >= 11 is 0. The van der Waals surface area contributed by atoms with Crippen molar-refractivity contribution >= 4 is 0 Å². The van der Waals surface area contributed by atoms with Crippen LogP contribution in [0.3, 0.4) is 0 Å². The van der Waals surface area contributed by atoms with Gasteiger partial charge in [-0.1, -0.05) is 19.1 Å². The number of nitrogens with zero attached hydrogens (tertiary/aromatic N) is 2. The number of hydrogen-bond donors (Lipinski definition) is 1. The highest BCUT2D eigenvalue weighted by Gasteiger charge is 2.29. The number of phenols is 1. The summed E-state index contributed by atoms with van der Waals surface area (Å²) in [6.07, 6.45) is 3.47. The summed E-state index contributed by atoms with van der Waals surface area (Å²) in [6.45, 7) is 8.09. The van der Waals surface area contributed by atoms with Crippen molar-refractivity contribution in [1.82, 2.24) is 9.80 Å². The van der Waals surface area contributed by atoms with Gasteiger partial charge in [0.2, 0.25) is 0 Å². The summed E-state index contributed by atoms with van der Waals surface area (Å²) in [5, 5.41) is 10.0. The van der Waals surface area contributed by atoms with Crippen LogP contribution in [0.2, 0.25) is 0 Å². The predicted octanol–water partition coefficient (Wildman–Crippen LogP) is 2.41. The normalized spacial score (nSPS) is 25.2. The van der Waals surface area contributed by atoms with E-state index >= 15 is 0 Å². The molecule has 0 amide bonds. The van der Waals surface area contributed by atoms with Crippen LogP contribution in [-0.2, 0) is 6.42 Å². The maximum Gasteiger partial charge on any atom is 0.119 e. The van der Waals surface area contributed by atoms with Gasteiger partial charge in [0.25, 0.3) is 0 Å². The van der Waals surface area contributed by atoms with Crippen LogP contribution >= 0.6 is 0 Å². The summed E-state index contributed by atoms with van der Waals surface area (Å²) in [5.74, 6) is 0.495. The first-order valence-corrected chi connectivity index (χ1v) is 7.56. The first-order chi connectivity index (χ1) is 9.29. The maximum absolute atomic E-state index is 10.0. The molecule has 3 nitrogen and oxygen atoms in total. The van der Waals surface area contributed by atoms with Crippen molar-refractivity contribution in [1.29, 1.82) is 0 Å². The Bertz CT molecular complexity index is 438. The van der Waals surface area contributed by atoms with Crippen LogP contribution < -0.4 is 0 Å². The first kappa shape index (κ1) is 12.9. The van der Waals surface area contributed by atoms with Gasteiger partial charge in [0, 0.05) is 32.2 Å². The molecule has 0 bridgehead atoms. The van der Waals surface area contributed by atoms with Gasteiger partial charge in [0.1, 0.15) is 5.75 Å². The second-order valence-electron chi connectivity index (χ2n) is 5.72. The molecular weight excluding hydrogens is 236 g/mol. The Morgan fingerprint density at radius 1 is 1.21 bits per heavy atom. The molecule has 1 atom stereocenters. The molecule has 104 valence electrons. The number of benzene rings is 1. The van der Waals surface area contributed by atoms with Crippen LogP contribution in [0, 0.1) is 0 Å². The fraction of sp³-hybridized carbons (Fsp3) is 0.625. The van der Waals surface area contributed by atoms with Crippen LogP contribution in [0.5, 0.6) is 5.75 Å². The topological polar surface area (TPSA) is 26.7 Å². The predicted molar refractivity (Wildman–Crippen MR) is 77.5 cm³/mol. The maximum atomic E-state index is 10.0. The van der Waals surface area contributed by atoms with E-state index in [0.29, 0.717) is 11.8 Å². The third-order valence-electron chi connectivity index (χ3n) is 4.75. The van der Waals surface area contributed by atoms with Crippen molar-refractivity contribution in [3.05, 3.63) is 29.3 Å². The smallest absolute Gasteiger partial charge is 0.119 e. The molecule has 0 aromatic heterocycles. The summed E-state index contributed by atoms with van der Waals surface area (Å²) in [4.78, 5) is 5.13. The summed E-state index contributed by atoms with van der Waals surface area (Å²) in [7, 11) is 0. The second kappa shape index (κ2) is 5.51. The highest BCUT2D eigenvalue weighted by atomic mass is 16.3. The van der Waals surface area contributed by atoms with E-state index in [1.807, 2.05) is 12.1 Å². The molecule has 1 saturated heterocycles. The molecule has 3 rings (SSSR count). The van der Waals surface area contributed by atoms with Crippen LogP contribution in [0.4, 0.5) is 0 Å². The molecule has 1 aliphatic carbocycles. The van der Waals surface area contributed by atoms with E-state index in [1.165, 1.54) is 37.1 Å². The fourth-order valence-electron chi connectivity index (χ4n) is 3.57. The molecule has 1 aromatic carbocycles. The van der Waals surface area contributed by atoms with Crippen LogP contribution in [0.1, 0.15) is 36.9 Å². The zero-order valence-electron chi connectivity index (χ0n) is 11.8. The number of piperazine rings is 1. The SMILES string of the molecule is CCN1CCN(C2CCCc3c(O)cccc32)CC1. The van der Waals surface area contributed by atoms with Gasteiger partial charge in [0.15, 0.2) is 0 Å². The van der Waals surface area contributed by atoms with Gasteiger partial charge in [-0.2, -0.15) is 0 Å². The van der Waals surface area contributed by atoms with Gasteiger partial charge in [-0.15, -0.1) is 0 Å². The molecule has 3 heteroatoms.